The summed E-state index contributed by atoms with van der Waals surface area (Å²) in [6, 6.07) is 7.53. The summed E-state index contributed by atoms with van der Waals surface area (Å²) in [6.45, 7) is 8.98. The number of para-hydroxylation sites is 1. The minimum atomic E-state index is -0.0655. The number of benzene rings is 1. The number of anilines is 1. The van der Waals surface area contributed by atoms with Crippen molar-refractivity contribution in [3.63, 3.8) is 0 Å². The molecule has 1 aliphatic rings. The van der Waals surface area contributed by atoms with E-state index in [9.17, 15) is 9.59 Å². The number of amides is 2. The Morgan fingerprint density at radius 3 is 2.48 bits per heavy atom. The first-order chi connectivity index (χ1) is 12.0. The van der Waals surface area contributed by atoms with E-state index in [0.717, 1.165) is 28.9 Å². The number of hydrogen-bond acceptors (Lipinski definition) is 2. The average molecular weight is 338 g/mol. The quantitative estimate of drug-likeness (QED) is 0.843. The van der Waals surface area contributed by atoms with Crippen LogP contribution in [-0.2, 0) is 9.59 Å². The van der Waals surface area contributed by atoms with E-state index >= 15 is 0 Å². The Hall–Kier alpha value is -2.88. The molecule has 0 saturated carbocycles. The third-order valence-electron chi connectivity index (χ3n) is 3.44. The van der Waals surface area contributed by atoms with Crippen molar-refractivity contribution in [1.29, 1.82) is 0 Å². The zero-order valence-electron chi connectivity index (χ0n) is 15.1. The molecule has 25 heavy (non-hydrogen) atoms. The van der Waals surface area contributed by atoms with Crippen molar-refractivity contribution in [2.45, 2.75) is 33.6 Å². The lowest BCUT2D eigenvalue weighted by atomic mass is 10.2. The van der Waals surface area contributed by atoms with Gasteiger partial charge in [0.1, 0.15) is 0 Å². The number of carbonyl (C=O) groups is 2. The summed E-state index contributed by atoms with van der Waals surface area (Å²) in [4.78, 5) is 21.9. The van der Waals surface area contributed by atoms with E-state index in [2.05, 4.69) is 23.3 Å². The van der Waals surface area contributed by atoms with Crippen molar-refractivity contribution in [2.75, 3.05) is 5.32 Å². The van der Waals surface area contributed by atoms with Crippen molar-refractivity contribution < 1.29 is 9.59 Å². The Morgan fingerprint density at radius 1 is 1.16 bits per heavy atom. The highest BCUT2D eigenvalue weighted by molar-refractivity contribution is 5.91. The third kappa shape index (κ3) is 7.48. The van der Waals surface area contributed by atoms with Crippen LogP contribution in [0, 0.1) is 0 Å². The van der Waals surface area contributed by atoms with Crippen molar-refractivity contribution >= 4 is 23.6 Å². The minimum absolute atomic E-state index is 0.0642. The first-order valence-electron chi connectivity index (χ1n) is 8.30. The summed E-state index contributed by atoms with van der Waals surface area (Å²) < 4.78 is 0. The van der Waals surface area contributed by atoms with Gasteiger partial charge in [-0.05, 0) is 36.6 Å². The number of hydrogen-bond donors (Lipinski definition) is 2. The molecule has 132 valence electrons. The van der Waals surface area contributed by atoms with E-state index in [1.165, 1.54) is 6.92 Å². The van der Waals surface area contributed by atoms with Gasteiger partial charge in [-0.1, -0.05) is 56.0 Å². The molecule has 0 aromatic heterocycles. The Kier molecular flexibility index (Phi) is 8.72. The molecular weight excluding hydrogens is 312 g/mol. The molecule has 2 rings (SSSR count). The molecule has 0 unspecified atom stereocenters. The Bertz CT molecular complexity index is 712. The van der Waals surface area contributed by atoms with E-state index in [4.69, 9.17) is 0 Å². The van der Waals surface area contributed by atoms with Crippen molar-refractivity contribution in [1.82, 2.24) is 5.32 Å². The van der Waals surface area contributed by atoms with Crippen LogP contribution in [0.2, 0.25) is 0 Å². The maximum absolute atomic E-state index is 11.1. The van der Waals surface area contributed by atoms with Gasteiger partial charge in [-0.3, -0.25) is 9.59 Å². The summed E-state index contributed by atoms with van der Waals surface area (Å²) in [6.07, 6.45) is 11.3. The van der Waals surface area contributed by atoms with E-state index in [-0.39, 0.29) is 11.8 Å². The van der Waals surface area contributed by atoms with Gasteiger partial charge in [0.15, 0.2) is 0 Å². The SMILES string of the molecule is C=Cc1ccccc1NC(C)=O.CCC(=O)NC1=C(C)C=CCC=C1. The molecule has 0 saturated heterocycles. The summed E-state index contributed by atoms with van der Waals surface area (Å²) in [5.74, 6) is -0.00130. The largest absolute Gasteiger partial charge is 0.326 e. The van der Waals surface area contributed by atoms with E-state index in [1.807, 2.05) is 56.3 Å². The normalized spacial score (nSPS) is 12.6. The van der Waals surface area contributed by atoms with Crippen LogP contribution >= 0.6 is 0 Å². The van der Waals surface area contributed by atoms with Gasteiger partial charge in [-0.25, -0.2) is 0 Å². The smallest absolute Gasteiger partial charge is 0.224 e. The van der Waals surface area contributed by atoms with Gasteiger partial charge in [0.2, 0.25) is 11.8 Å². The Morgan fingerprint density at radius 2 is 1.84 bits per heavy atom. The number of rotatable bonds is 4. The molecule has 4 nitrogen and oxygen atoms in total. The maximum atomic E-state index is 11.1. The molecule has 0 bridgehead atoms. The summed E-state index contributed by atoms with van der Waals surface area (Å²) in [7, 11) is 0. The van der Waals surface area contributed by atoms with Gasteiger partial charge in [-0.2, -0.15) is 0 Å². The molecule has 0 atom stereocenters. The fraction of sp³-hybridized carbons (Fsp3) is 0.238. The molecule has 0 spiro atoms. The van der Waals surface area contributed by atoms with Gasteiger partial charge in [-0.15, -0.1) is 0 Å². The second-order valence-electron chi connectivity index (χ2n) is 5.51. The number of nitrogens with one attached hydrogen (secondary N) is 2. The first-order valence-corrected chi connectivity index (χ1v) is 8.30. The Balaban J connectivity index is 0.000000251. The van der Waals surface area contributed by atoms with Crippen LogP contribution in [0.15, 0.2) is 66.4 Å². The molecule has 1 aliphatic carbocycles. The fourth-order valence-electron chi connectivity index (χ4n) is 2.09. The lowest BCUT2D eigenvalue weighted by Gasteiger charge is -2.05. The highest BCUT2D eigenvalue weighted by Gasteiger charge is 2.02. The standard InChI is InChI=1S/C11H15NO.C10H11NO/c1-3-11(13)12-10-8-6-4-5-7-9(10)2;1-3-9-6-4-5-7-10(9)11-8(2)12/h5-8H,3-4H2,1-2H3,(H,12,13);3-7H,1H2,2H3,(H,11,12). The predicted octanol–water partition coefficient (Wildman–Crippen LogP) is 4.59. The molecule has 1 aromatic rings. The molecule has 2 N–H and O–H groups in total. The topological polar surface area (TPSA) is 58.2 Å². The maximum Gasteiger partial charge on any atom is 0.224 e. The second kappa shape index (κ2) is 10.8. The lowest BCUT2D eigenvalue weighted by Crippen LogP contribution is -2.21. The predicted molar refractivity (Wildman–Crippen MR) is 105 cm³/mol. The Labute approximate surface area is 150 Å². The summed E-state index contributed by atoms with van der Waals surface area (Å²) in [5, 5.41) is 5.58. The summed E-state index contributed by atoms with van der Waals surface area (Å²) in [5.41, 5.74) is 3.77. The van der Waals surface area contributed by atoms with Crippen LogP contribution in [-0.4, -0.2) is 11.8 Å². The molecule has 0 aliphatic heterocycles. The van der Waals surface area contributed by atoms with Gasteiger partial charge in [0, 0.05) is 24.7 Å². The number of allylic oxidation sites excluding steroid dienone is 5. The van der Waals surface area contributed by atoms with E-state index < -0.39 is 0 Å². The molecular formula is C21H26N2O2. The first kappa shape index (κ1) is 20.2. The van der Waals surface area contributed by atoms with Gasteiger partial charge in [0.25, 0.3) is 0 Å². The molecule has 0 fully saturated rings. The zero-order chi connectivity index (χ0) is 18.7. The monoisotopic (exact) mass is 338 g/mol. The zero-order valence-corrected chi connectivity index (χ0v) is 15.1. The van der Waals surface area contributed by atoms with Crippen LogP contribution in [0.25, 0.3) is 6.08 Å². The minimum Gasteiger partial charge on any atom is -0.326 e. The van der Waals surface area contributed by atoms with Crippen LogP contribution in [0.5, 0.6) is 0 Å². The second-order valence-corrected chi connectivity index (χ2v) is 5.51. The van der Waals surface area contributed by atoms with Crippen LogP contribution in [0.4, 0.5) is 5.69 Å². The van der Waals surface area contributed by atoms with E-state index in [1.54, 1.807) is 6.08 Å². The molecule has 0 radical (unpaired) electrons. The average Bonchev–Trinajstić information content (AvgIpc) is 2.80. The van der Waals surface area contributed by atoms with Crippen LogP contribution < -0.4 is 10.6 Å². The van der Waals surface area contributed by atoms with Gasteiger partial charge >= 0.3 is 0 Å². The summed E-state index contributed by atoms with van der Waals surface area (Å²) >= 11 is 0. The van der Waals surface area contributed by atoms with Crippen molar-refractivity contribution in [2.24, 2.45) is 0 Å². The van der Waals surface area contributed by atoms with Gasteiger partial charge in [0.05, 0.1) is 0 Å². The van der Waals surface area contributed by atoms with E-state index in [0.29, 0.717) is 6.42 Å². The molecule has 1 aromatic carbocycles. The highest BCUT2D eigenvalue weighted by Crippen LogP contribution is 2.15. The third-order valence-corrected chi connectivity index (χ3v) is 3.44. The van der Waals surface area contributed by atoms with Crippen molar-refractivity contribution in [3.8, 4) is 0 Å². The molecule has 4 heteroatoms. The van der Waals surface area contributed by atoms with Crippen LogP contribution in [0.1, 0.15) is 39.2 Å². The highest BCUT2D eigenvalue weighted by atomic mass is 16.2. The van der Waals surface area contributed by atoms with Crippen molar-refractivity contribution in [3.05, 3.63) is 72.0 Å². The molecule has 0 heterocycles. The number of carbonyl (C=O) groups excluding carboxylic acids is 2. The fourth-order valence-corrected chi connectivity index (χ4v) is 2.09. The lowest BCUT2D eigenvalue weighted by molar-refractivity contribution is -0.120. The van der Waals surface area contributed by atoms with Crippen LogP contribution in [0.3, 0.4) is 0 Å². The van der Waals surface area contributed by atoms with Gasteiger partial charge < -0.3 is 10.6 Å². The molecule has 2 amide bonds.